The molecule has 4 rings (SSSR count). The minimum Gasteiger partial charge on any atom is -0.445 e. The van der Waals surface area contributed by atoms with Crippen molar-refractivity contribution >= 4 is 11.0 Å². The fraction of sp³-hybridized carbons (Fsp3) is 0.318. The van der Waals surface area contributed by atoms with Crippen LogP contribution in [-0.4, -0.2) is 6.73 Å². The topological polar surface area (TPSA) is 43.9 Å². The zero-order chi connectivity index (χ0) is 18.3. The van der Waals surface area contributed by atoms with E-state index in [1.807, 2.05) is 26.0 Å². The van der Waals surface area contributed by atoms with Gasteiger partial charge in [-0.15, -0.1) is 0 Å². The number of quaternary nitrogens is 1. The second-order valence-corrected chi connectivity index (χ2v) is 7.14. The lowest BCUT2D eigenvalue weighted by molar-refractivity contribution is -0.945. The molecule has 0 saturated carbocycles. The van der Waals surface area contributed by atoms with Crippen molar-refractivity contribution in [3.05, 3.63) is 74.6 Å². The fourth-order valence-corrected chi connectivity index (χ4v) is 3.79. The standard InChI is InChI=1S/C22H23NO3/c1-4-17-15(3)18-9-10-20-19(21(18)26-22(17)24)12-23(13-25-20)11-16-7-5-14(2)6-8-16/h5-10H,4,11-13H2,1-3H3/p+1. The molecular weight excluding hydrogens is 326 g/mol. The van der Waals surface area contributed by atoms with Gasteiger partial charge in [0.15, 0.2) is 5.58 Å². The van der Waals surface area contributed by atoms with E-state index in [9.17, 15) is 4.79 Å². The van der Waals surface area contributed by atoms with Crippen LogP contribution in [0.3, 0.4) is 0 Å². The van der Waals surface area contributed by atoms with E-state index in [1.54, 1.807) is 0 Å². The maximum Gasteiger partial charge on any atom is 0.339 e. The smallest absolute Gasteiger partial charge is 0.339 e. The van der Waals surface area contributed by atoms with Crippen LogP contribution in [-0.2, 0) is 19.5 Å². The molecule has 2 aromatic carbocycles. The van der Waals surface area contributed by atoms with Gasteiger partial charge in [-0.2, -0.15) is 0 Å². The second kappa shape index (κ2) is 6.61. The summed E-state index contributed by atoms with van der Waals surface area (Å²) in [4.78, 5) is 13.7. The third-order valence-electron chi connectivity index (χ3n) is 5.30. The van der Waals surface area contributed by atoms with Crippen molar-refractivity contribution in [3.63, 3.8) is 0 Å². The van der Waals surface area contributed by atoms with Crippen LogP contribution in [0.15, 0.2) is 45.6 Å². The largest absolute Gasteiger partial charge is 0.445 e. The van der Waals surface area contributed by atoms with E-state index >= 15 is 0 Å². The summed E-state index contributed by atoms with van der Waals surface area (Å²) >= 11 is 0. The van der Waals surface area contributed by atoms with E-state index in [0.29, 0.717) is 18.7 Å². The Kier molecular flexibility index (Phi) is 4.29. The van der Waals surface area contributed by atoms with Crippen molar-refractivity contribution in [1.82, 2.24) is 0 Å². The number of benzene rings is 2. The molecule has 2 heterocycles. The normalized spacial score (nSPS) is 16.3. The molecule has 0 radical (unpaired) electrons. The Morgan fingerprint density at radius 3 is 2.58 bits per heavy atom. The van der Waals surface area contributed by atoms with E-state index in [0.717, 1.165) is 40.9 Å². The molecule has 0 bridgehead atoms. The molecule has 0 spiro atoms. The van der Waals surface area contributed by atoms with Crippen LogP contribution in [0.4, 0.5) is 0 Å². The third kappa shape index (κ3) is 2.90. The van der Waals surface area contributed by atoms with Gasteiger partial charge in [0.1, 0.15) is 18.8 Å². The molecule has 1 atom stereocenters. The summed E-state index contributed by atoms with van der Waals surface area (Å²) in [5, 5.41) is 1.01. The van der Waals surface area contributed by atoms with Gasteiger partial charge in [0.05, 0.1) is 5.56 Å². The summed E-state index contributed by atoms with van der Waals surface area (Å²) in [5.74, 6) is 0.831. The highest BCUT2D eigenvalue weighted by atomic mass is 16.5. The Balaban J connectivity index is 1.72. The lowest BCUT2D eigenvalue weighted by Gasteiger charge is -2.26. The van der Waals surface area contributed by atoms with Crippen molar-refractivity contribution in [3.8, 4) is 5.75 Å². The molecule has 134 valence electrons. The van der Waals surface area contributed by atoms with Crippen LogP contribution in [0.1, 0.15) is 34.7 Å². The molecule has 4 nitrogen and oxygen atoms in total. The second-order valence-electron chi connectivity index (χ2n) is 7.14. The quantitative estimate of drug-likeness (QED) is 0.739. The van der Waals surface area contributed by atoms with Gasteiger partial charge >= 0.3 is 5.63 Å². The van der Waals surface area contributed by atoms with Crippen molar-refractivity contribution < 1.29 is 14.1 Å². The van der Waals surface area contributed by atoms with Crippen LogP contribution in [0, 0.1) is 13.8 Å². The first-order chi connectivity index (χ1) is 12.6. The summed E-state index contributed by atoms with van der Waals surface area (Å²) in [6.07, 6.45) is 0.683. The van der Waals surface area contributed by atoms with Gasteiger partial charge in [-0.05, 0) is 38.0 Å². The first-order valence-corrected chi connectivity index (χ1v) is 9.17. The molecular formula is C22H24NO3+. The van der Waals surface area contributed by atoms with Crippen LogP contribution >= 0.6 is 0 Å². The molecule has 0 fully saturated rings. The highest BCUT2D eigenvalue weighted by Crippen LogP contribution is 2.30. The summed E-state index contributed by atoms with van der Waals surface area (Å²) in [7, 11) is 0. The molecule has 0 aliphatic carbocycles. The highest BCUT2D eigenvalue weighted by molar-refractivity contribution is 5.85. The van der Waals surface area contributed by atoms with Crippen molar-refractivity contribution in [1.29, 1.82) is 0 Å². The first kappa shape index (κ1) is 16.9. The van der Waals surface area contributed by atoms with E-state index < -0.39 is 0 Å². The molecule has 1 N–H and O–H groups in total. The molecule has 0 amide bonds. The molecule has 1 unspecified atom stereocenters. The van der Waals surface area contributed by atoms with Crippen LogP contribution in [0.2, 0.25) is 0 Å². The third-order valence-corrected chi connectivity index (χ3v) is 5.30. The van der Waals surface area contributed by atoms with Crippen LogP contribution in [0.25, 0.3) is 11.0 Å². The number of hydrogen-bond donors (Lipinski definition) is 1. The number of hydrogen-bond acceptors (Lipinski definition) is 3. The number of ether oxygens (including phenoxy) is 1. The van der Waals surface area contributed by atoms with Gasteiger partial charge in [-0.1, -0.05) is 36.8 Å². The highest BCUT2D eigenvalue weighted by Gasteiger charge is 2.25. The minimum atomic E-state index is -0.225. The maximum absolute atomic E-state index is 12.4. The molecule has 26 heavy (non-hydrogen) atoms. The number of fused-ring (bicyclic) bond motifs is 3. The summed E-state index contributed by atoms with van der Waals surface area (Å²) in [5.41, 5.74) is 5.78. The molecule has 1 aliphatic heterocycles. The van der Waals surface area contributed by atoms with Crippen molar-refractivity contribution in [2.24, 2.45) is 0 Å². The van der Waals surface area contributed by atoms with Crippen molar-refractivity contribution in [2.75, 3.05) is 6.73 Å². The lowest BCUT2D eigenvalue weighted by atomic mass is 10.0. The molecule has 4 heteroatoms. The summed E-state index contributed by atoms with van der Waals surface area (Å²) in [6, 6.07) is 12.6. The Labute approximate surface area is 153 Å². The Hall–Kier alpha value is -2.59. The first-order valence-electron chi connectivity index (χ1n) is 9.17. The molecule has 3 aromatic rings. The summed E-state index contributed by atoms with van der Waals surface area (Å²) in [6.45, 7) is 8.37. The van der Waals surface area contributed by atoms with E-state index in [1.165, 1.54) is 16.0 Å². The van der Waals surface area contributed by atoms with E-state index in [4.69, 9.17) is 9.15 Å². The van der Waals surface area contributed by atoms with Crippen molar-refractivity contribution in [2.45, 2.75) is 40.3 Å². The lowest BCUT2D eigenvalue weighted by Crippen LogP contribution is -3.10. The SMILES string of the molecule is CCc1c(C)c2ccc3c(c2oc1=O)C[NH+](Cc1ccc(C)cc1)CO3. The van der Waals surface area contributed by atoms with E-state index in [-0.39, 0.29) is 5.63 Å². The maximum atomic E-state index is 12.4. The number of rotatable bonds is 3. The van der Waals surface area contributed by atoms with Gasteiger partial charge in [-0.3, -0.25) is 4.90 Å². The van der Waals surface area contributed by atoms with Gasteiger partial charge < -0.3 is 9.15 Å². The van der Waals surface area contributed by atoms with Gasteiger partial charge in [-0.25, -0.2) is 4.79 Å². The average molecular weight is 350 g/mol. The number of nitrogens with one attached hydrogen (secondary N) is 1. The zero-order valence-corrected chi connectivity index (χ0v) is 15.5. The Morgan fingerprint density at radius 2 is 1.85 bits per heavy atom. The van der Waals surface area contributed by atoms with Crippen LogP contribution in [0.5, 0.6) is 5.75 Å². The monoisotopic (exact) mass is 350 g/mol. The molecule has 1 aliphatic rings. The van der Waals surface area contributed by atoms with Gasteiger partial charge in [0.2, 0.25) is 6.73 Å². The van der Waals surface area contributed by atoms with Crippen LogP contribution < -0.4 is 15.3 Å². The van der Waals surface area contributed by atoms with Gasteiger partial charge in [0.25, 0.3) is 0 Å². The average Bonchev–Trinajstić information content (AvgIpc) is 2.64. The van der Waals surface area contributed by atoms with Gasteiger partial charge in [0, 0.05) is 16.5 Å². The Bertz CT molecular complexity index is 1020. The fourth-order valence-electron chi connectivity index (χ4n) is 3.79. The molecule has 1 aromatic heterocycles. The number of aryl methyl sites for hydroxylation is 2. The Morgan fingerprint density at radius 1 is 1.08 bits per heavy atom. The predicted molar refractivity (Wildman–Crippen MR) is 102 cm³/mol. The summed E-state index contributed by atoms with van der Waals surface area (Å²) < 4.78 is 11.7. The van der Waals surface area contributed by atoms with E-state index in [2.05, 4.69) is 31.2 Å². The molecule has 0 saturated heterocycles. The predicted octanol–water partition coefficient (Wildman–Crippen LogP) is 2.91. The minimum absolute atomic E-state index is 0.225. The zero-order valence-electron chi connectivity index (χ0n) is 15.5.